The van der Waals surface area contributed by atoms with Gasteiger partial charge in [-0.25, -0.2) is 4.79 Å². The highest BCUT2D eigenvalue weighted by Gasteiger charge is 2.19. The van der Waals surface area contributed by atoms with Crippen molar-refractivity contribution in [1.29, 1.82) is 0 Å². The number of terminal acetylenes is 1. The van der Waals surface area contributed by atoms with Crippen molar-refractivity contribution in [2.75, 3.05) is 7.11 Å². The molecule has 102 valence electrons. The van der Waals surface area contributed by atoms with E-state index in [1.807, 2.05) is 0 Å². The molecule has 0 aliphatic heterocycles. The Kier molecular flexibility index (Phi) is 4.82. The van der Waals surface area contributed by atoms with Gasteiger partial charge in [0.25, 0.3) is 0 Å². The van der Waals surface area contributed by atoms with Gasteiger partial charge in [0.1, 0.15) is 17.4 Å². The standard InChI is InChI=1S/C15H19NO3/c1-6-13(16-14(17)19-15(2,3)4)11-7-9-12(18-5)10-8-11/h1,7-10,13H,2-5H3,(H,16,17). The van der Waals surface area contributed by atoms with E-state index in [4.69, 9.17) is 15.9 Å². The van der Waals surface area contributed by atoms with Gasteiger partial charge in [-0.15, -0.1) is 6.42 Å². The summed E-state index contributed by atoms with van der Waals surface area (Å²) in [5, 5.41) is 2.64. The first-order valence-electron chi connectivity index (χ1n) is 5.95. The van der Waals surface area contributed by atoms with E-state index in [-0.39, 0.29) is 0 Å². The Morgan fingerprint density at radius 3 is 2.32 bits per heavy atom. The van der Waals surface area contributed by atoms with Gasteiger partial charge in [-0.3, -0.25) is 0 Å². The number of benzene rings is 1. The van der Waals surface area contributed by atoms with Crippen molar-refractivity contribution in [3.05, 3.63) is 29.8 Å². The van der Waals surface area contributed by atoms with Gasteiger partial charge in [0, 0.05) is 0 Å². The number of carbonyl (C=O) groups is 1. The van der Waals surface area contributed by atoms with Gasteiger partial charge in [-0.1, -0.05) is 18.1 Å². The average Bonchev–Trinajstić information content (AvgIpc) is 2.34. The van der Waals surface area contributed by atoms with Crippen LogP contribution in [-0.2, 0) is 4.74 Å². The molecule has 0 radical (unpaired) electrons. The van der Waals surface area contributed by atoms with Crippen LogP contribution in [-0.4, -0.2) is 18.8 Å². The van der Waals surface area contributed by atoms with Crippen LogP contribution in [0.25, 0.3) is 0 Å². The van der Waals surface area contributed by atoms with Crippen molar-refractivity contribution in [2.24, 2.45) is 0 Å². The minimum absolute atomic E-state index is 0.527. The maximum Gasteiger partial charge on any atom is 0.408 e. The molecule has 0 aromatic heterocycles. The van der Waals surface area contributed by atoms with Crippen molar-refractivity contribution in [3.8, 4) is 18.1 Å². The van der Waals surface area contributed by atoms with Gasteiger partial charge < -0.3 is 14.8 Å². The summed E-state index contributed by atoms with van der Waals surface area (Å²) in [4.78, 5) is 11.7. The molecule has 0 saturated heterocycles. The SMILES string of the molecule is C#CC(NC(=O)OC(C)(C)C)c1ccc(OC)cc1. The van der Waals surface area contributed by atoms with E-state index >= 15 is 0 Å². The summed E-state index contributed by atoms with van der Waals surface area (Å²) in [5.74, 6) is 3.25. The molecule has 4 heteroatoms. The lowest BCUT2D eigenvalue weighted by Gasteiger charge is -2.21. The van der Waals surface area contributed by atoms with E-state index in [0.29, 0.717) is 0 Å². The number of nitrogens with one attached hydrogen (secondary N) is 1. The third-order valence-electron chi connectivity index (χ3n) is 2.28. The fraction of sp³-hybridized carbons (Fsp3) is 0.400. The largest absolute Gasteiger partial charge is 0.497 e. The van der Waals surface area contributed by atoms with Crippen molar-refractivity contribution < 1.29 is 14.3 Å². The highest BCUT2D eigenvalue weighted by molar-refractivity contribution is 5.69. The number of rotatable bonds is 3. The van der Waals surface area contributed by atoms with Crippen LogP contribution in [0, 0.1) is 12.3 Å². The van der Waals surface area contributed by atoms with Gasteiger partial charge in [0.05, 0.1) is 7.11 Å². The van der Waals surface area contributed by atoms with Gasteiger partial charge >= 0.3 is 6.09 Å². The topological polar surface area (TPSA) is 47.6 Å². The molecule has 0 aliphatic carbocycles. The maximum atomic E-state index is 11.7. The monoisotopic (exact) mass is 261 g/mol. The van der Waals surface area contributed by atoms with Crippen molar-refractivity contribution >= 4 is 6.09 Å². The van der Waals surface area contributed by atoms with Crippen LogP contribution in [0.15, 0.2) is 24.3 Å². The summed E-state index contributed by atoms with van der Waals surface area (Å²) in [7, 11) is 1.59. The van der Waals surface area contributed by atoms with Crippen LogP contribution < -0.4 is 10.1 Å². The molecule has 0 bridgehead atoms. The zero-order valence-corrected chi connectivity index (χ0v) is 11.7. The van der Waals surface area contributed by atoms with Crippen LogP contribution in [0.5, 0.6) is 5.75 Å². The predicted molar refractivity (Wildman–Crippen MR) is 73.9 cm³/mol. The molecule has 1 aromatic rings. The van der Waals surface area contributed by atoms with Crippen LogP contribution in [0.1, 0.15) is 32.4 Å². The second-order valence-electron chi connectivity index (χ2n) is 5.02. The Hall–Kier alpha value is -2.15. The molecule has 1 unspecified atom stereocenters. The number of hydrogen-bond donors (Lipinski definition) is 1. The third-order valence-corrected chi connectivity index (χ3v) is 2.28. The molecule has 0 saturated carbocycles. The number of ether oxygens (including phenoxy) is 2. The molecule has 19 heavy (non-hydrogen) atoms. The fourth-order valence-electron chi connectivity index (χ4n) is 1.44. The van der Waals surface area contributed by atoms with Gasteiger partial charge in [-0.2, -0.15) is 0 Å². The highest BCUT2D eigenvalue weighted by atomic mass is 16.6. The van der Waals surface area contributed by atoms with Crippen molar-refractivity contribution in [2.45, 2.75) is 32.4 Å². The van der Waals surface area contributed by atoms with Crippen molar-refractivity contribution in [3.63, 3.8) is 0 Å². The Balaban J connectivity index is 2.73. The molecule has 0 spiro atoms. The molecule has 1 rings (SSSR count). The molecule has 4 nitrogen and oxygen atoms in total. The van der Waals surface area contributed by atoms with E-state index in [0.717, 1.165) is 11.3 Å². The average molecular weight is 261 g/mol. The zero-order valence-electron chi connectivity index (χ0n) is 11.7. The first kappa shape index (κ1) is 14.9. The summed E-state index contributed by atoms with van der Waals surface area (Å²) >= 11 is 0. The van der Waals surface area contributed by atoms with Gasteiger partial charge in [0.15, 0.2) is 0 Å². The summed E-state index contributed by atoms with van der Waals surface area (Å²) in [6.45, 7) is 5.39. The summed E-state index contributed by atoms with van der Waals surface area (Å²) in [5.41, 5.74) is 0.248. The lowest BCUT2D eigenvalue weighted by atomic mass is 10.1. The second-order valence-corrected chi connectivity index (χ2v) is 5.02. The lowest BCUT2D eigenvalue weighted by molar-refractivity contribution is 0.0516. The molecule has 0 fully saturated rings. The van der Waals surface area contributed by atoms with E-state index < -0.39 is 17.7 Å². The number of hydrogen-bond acceptors (Lipinski definition) is 3. The number of alkyl carbamates (subject to hydrolysis) is 1. The Labute approximate surface area is 114 Å². The number of methoxy groups -OCH3 is 1. The second kappa shape index (κ2) is 6.14. The summed E-state index contributed by atoms with van der Waals surface area (Å²) in [6.07, 6.45) is 4.90. The molecule has 1 atom stereocenters. The molecular weight excluding hydrogens is 242 g/mol. The molecular formula is C15H19NO3. The number of carbonyl (C=O) groups excluding carboxylic acids is 1. The van der Waals surface area contributed by atoms with Gasteiger partial charge in [0.2, 0.25) is 0 Å². The highest BCUT2D eigenvalue weighted by Crippen LogP contribution is 2.18. The molecule has 1 aromatic carbocycles. The normalized spacial score (nSPS) is 12.2. The van der Waals surface area contributed by atoms with E-state index in [1.165, 1.54) is 0 Å². The summed E-state index contributed by atoms with van der Waals surface area (Å²) < 4.78 is 10.2. The van der Waals surface area contributed by atoms with Crippen molar-refractivity contribution in [1.82, 2.24) is 5.32 Å². The smallest absolute Gasteiger partial charge is 0.408 e. The van der Waals surface area contributed by atoms with E-state index in [2.05, 4.69) is 11.2 Å². The Bertz CT molecular complexity index is 466. The van der Waals surface area contributed by atoms with E-state index in [9.17, 15) is 4.79 Å². The van der Waals surface area contributed by atoms with Crippen LogP contribution in [0.3, 0.4) is 0 Å². The molecule has 1 N–H and O–H groups in total. The predicted octanol–water partition coefficient (Wildman–Crippen LogP) is 2.89. The fourth-order valence-corrected chi connectivity index (χ4v) is 1.44. The van der Waals surface area contributed by atoms with Crippen LogP contribution >= 0.6 is 0 Å². The minimum atomic E-state index is -0.552. The molecule has 1 amide bonds. The Morgan fingerprint density at radius 2 is 1.89 bits per heavy atom. The minimum Gasteiger partial charge on any atom is -0.497 e. The van der Waals surface area contributed by atoms with E-state index in [1.54, 1.807) is 52.1 Å². The van der Waals surface area contributed by atoms with Crippen LogP contribution in [0.2, 0.25) is 0 Å². The lowest BCUT2D eigenvalue weighted by Crippen LogP contribution is -2.34. The Morgan fingerprint density at radius 1 is 1.32 bits per heavy atom. The third kappa shape index (κ3) is 4.92. The van der Waals surface area contributed by atoms with Gasteiger partial charge in [-0.05, 0) is 38.5 Å². The quantitative estimate of drug-likeness (QED) is 0.851. The number of amides is 1. The maximum absolute atomic E-state index is 11.7. The zero-order chi connectivity index (χ0) is 14.5. The summed E-state index contributed by atoms with van der Waals surface area (Å²) in [6, 6.07) is 6.66. The molecule has 0 heterocycles. The molecule has 0 aliphatic rings. The van der Waals surface area contributed by atoms with Crippen LogP contribution in [0.4, 0.5) is 4.79 Å². The first-order valence-corrected chi connectivity index (χ1v) is 5.95. The first-order chi connectivity index (χ1) is 8.85.